The van der Waals surface area contributed by atoms with E-state index in [2.05, 4.69) is 39.3 Å². The zero-order valence-corrected chi connectivity index (χ0v) is 18.0. The number of rotatable bonds is 8. The van der Waals surface area contributed by atoms with Gasteiger partial charge in [-0.1, -0.05) is 26.7 Å². The zero-order valence-electron chi connectivity index (χ0n) is 18.0. The number of ether oxygens (including phenoxy) is 1. The molecule has 1 N–H and O–H groups in total. The van der Waals surface area contributed by atoms with Crippen LogP contribution in [0.15, 0.2) is 29.1 Å². The van der Waals surface area contributed by atoms with Gasteiger partial charge in [-0.2, -0.15) is 0 Å². The van der Waals surface area contributed by atoms with Crippen LogP contribution in [0.3, 0.4) is 0 Å². The largest absolute Gasteiger partial charge is 0.494 e. The number of hydrogen-bond donors (Lipinski definition) is 1. The van der Waals surface area contributed by atoms with Crippen molar-refractivity contribution in [3.63, 3.8) is 0 Å². The lowest BCUT2D eigenvalue weighted by molar-refractivity contribution is 0.230. The Morgan fingerprint density at radius 1 is 1.20 bits per heavy atom. The normalized spacial score (nSPS) is 15.9. The van der Waals surface area contributed by atoms with Gasteiger partial charge < -0.3 is 9.72 Å². The molecule has 0 radical (unpaired) electrons. The third-order valence-electron chi connectivity index (χ3n) is 6.06. The van der Waals surface area contributed by atoms with Gasteiger partial charge in [0.1, 0.15) is 11.8 Å². The van der Waals surface area contributed by atoms with Crippen LogP contribution in [-0.2, 0) is 0 Å². The van der Waals surface area contributed by atoms with Crippen molar-refractivity contribution in [1.29, 1.82) is 0 Å². The van der Waals surface area contributed by atoms with E-state index in [0.29, 0.717) is 18.2 Å². The highest BCUT2D eigenvalue weighted by Crippen LogP contribution is 2.33. The first-order valence-corrected chi connectivity index (χ1v) is 11.0. The topological polar surface area (TPSA) is 88.9 Å². The fraction of sp³-hybridized carbons (Fsp3) is 0.545. The fourth-order valence-electron chi connectivity index (χ4n) is 4.54. The van der Waals surface area contributed by atoms with Crippen LogP contribution in [-0.4, -0.2) is 49.8 Å². The summed E-state index contributed by atoms with van der Waals surface area (Å²) < 4.78 is 7.61. The summed E-state index contributed by atoms with van der Waals surface area (Å²) in [5.41, 5.74) is 1.35. The maximum atomic E-state index is 13.2. The molecule has 1 saturated carbocycles. The third-order valence-corrected chi connectivity index (χ3v) is 6.06. The molecule has 160 valence electrons. The number of nitrogens with one attached hydrogen (secondary N) is 1. The second-order valence-corrected chi connectivity index (χ2v) is 7.78. The molecule has 8 heteroatoms. The molecule has 1 aliphatic rings. The number of tetrazole rings is 1. The molecule has 3 aromatic rings. The number of aromatic amines is 1. The van der Waals surface area contributed by atoms with E-state index in [1.54, 1.807) is 0 Å². The molecule has 1 unspecified atom stereocenters. The Balaban J connectivity index is 1.85. The molecule has 2 heterocycles. The SMILES string of the molecule is CCOc1ccc2[nH]c(=O)c(C(c3nnnn3C3CCCC3)N(CC)CC)cc2c1. The van der Waals surface area contributed by atoms with Crippen molar-refractivity contribution in [3.05, 3.63) is 46.0 Å². The second-order valence-electron chi connectivity index (χ2n) is 7.78. The van der Waals surface area contributed by atoms with E-state index in [-0.39, 0.29) is 11.6 Å². The lowest BCUT2D eigenvalue weighted by Gasteiger charge is -2.29. The molecule has 0 spiro atoms. The van der Waals surface area contributed by atoms with E-state index in [1.807, 2.05) is 35.9 Å². The standard InChI is InChI=1S/C22H30N6O2/c1-4-27(5-2)20(21-24-25-26-28(21)16-9-7-8-10-16)18-14-15-13-17(30-6-3)11-12-19(15)23-22(18)29/h11-14,16,20H,4-10H2,1-3H3,(H,23,29). The van der Waals surface area contributed by atoms with Gasteiger partial charge in [0.05, 0.1) is 12.6 Å². The molecule has 0 bridgehead atoms. The highest BCUT2D eigenvalue weighted by atomic mass is 16.5. The number of fused-ring (bicyclic) bond motifs is 1. The lowest BCUT2D eigenvalue weighted by Crippen LogP contribution is -2.35. The first kappa shape index (κ1) is 20.5. The van der Waals surface area contributed by atoms with Crippen molar-refractivity contribution in [1.82, 2.24) is 30.1 Å². The van der Waals surface area contributed by atoms with Gasteiger partial charge in [0, 0.05) is 16.5 Å². The predicted octanol–water partition coefficient (Wildman–Crippen LogP) is 3.46. The molecular formula is C22H30N6O2. The van der Waals surface area contributed by atoms with Crippen LogP contribution in [0.4, 0.5) is 0 Å². The molecule has 1 aromatic carbocycles. The van der Waals surface area contributed by atoms with Crippen molar-refractivity contribution in [2.45, 2.75) is 58.5 Å². The molecular weight excluding hydrogens is 380 g/mol. The maximum Gasteiger partial charge on any atom is 0.253 e. The predicted molar refractivity (Wildman–Crippen MR) is 116 cm³/mol. The van der Waals surface area contributed by atoms with Crippen LogP contribution < -0.4 is 10.3 Å². The van der Waals surface area contributed by atoms with Crippen LogP contribution in [0.1, 0.15) is 69.9 Å². The number of nitrogens with zero attached hydrogens (tertiary/aromatic N) is 5. The highest BCUT2D eigenvalue weighted by molar-refractivity contribution is 5.80. The first-order valence-electron chi connectivity index (χ1n) is 11.0. The summed E-state index contributed by atoms with van der Waals surface area (Å²) in [4.78, 5) is 18.4. The van der Waals surface area contributed by atoms with E-state index in [9.17, 15) is 4.79 Å². The molecule has 30 heavy (non-hydrogen) atoms. The van der Waals surface area contributed by atoms with Gasteiger partial charge in [0.25, 0.3) is 5.56 Å². The Morgan fingerprint density at radius 2 is 1.97 bits per heavy atom. The Labute approximate surface area is 176 Å². The van der Waals surface area contributed by atoms with Crippen molar-refractivity contribution in [3.8, 4) is 5.75 Å². The fourth-order valence-corrected chi connectivity index (χ4v) is 4.54. The molecule has 1 fully saturated rings. The van der Waals surface area contributed by atoms with E-state index < -0.39 is 0 Å². The quantitative estimate of drug-likeness (QED) is 0.612. The summed E-state index contributed by atoms with van der Waals surface area (Å²) in [6.45, 7) is 8.33. The zero-order chi connectivity index (χ0) is 21.1. The summed E-state index contributed by atoms with van der Waals surface area (Å²) in [7, 11) is 0. The molecule has 8 nitrogen and oxygen atoms in total. The second kappa shape index (κ2) is 8.95. The van der Waals surface area contributed by atoms with Gasteiger partial charge in [-0.3, -0.25) is 9.69 Å². The molecule has 4 rings (SSSR count). The number of aromatic nitrogens is 5. The van der Waals surface area contributed by atoms with E-state index >= 15 is 0 Å². The monoisotopic (exact) mass is 410 g/mol. The summed E-state index contributed by atoms with van der Waals surface area (Å²) in [6.07, 6.45) is 4.54. The average Bonchev–Trinajstić information content (AvgIpc) is 3.44. The van der Waals surface area contributed by atoms with Crippen molar-refractivity contribution >= 4 is 10.9 Å². The molecule has 0 amide bonds. The molecule has 0 aliphatic heterocycles. The smallest absolute Gasteiger partial charge is 0.253 e. The Hall–Kier alpha value is -2.74. The summed E-state index contributed by atoms with van der Waals surface area (Å²) in [5.74, 6) is 1.54. The van der Waals surface area contributed by atoms with Crippen LogP contribution in [0.2, 0.25) is 0 Å². The van der Waals surface area contributed by atoms with Gasteiger partial charge in [-0.25, -0.2) is 4.68 Å². The average molecular weight is 411 g/mol. The van der Waals surface area contributed by atoms with E-state index in [1.165, 1.54) is 12.8 Å². The minimum absolute atomic E-state index is 0.107. The maximum absolute atomic E-state index is 13.2. The first-order chi connectivity index (χ1) is 14.7. The summed E-state index contributed by atoms with van der Waals surface area (Å²) in [5, 5.41) is 13.7. The number of H-pyrrole nitrogens is 1. The minimum atomic E-state index is -0.306. The Kier molecular flexibility index (Phi) is 6.13. The lowest BCUT2D eigenvalue weighted by atomic mass is 10.0. The van der Waals surface area contributed by atoms with Crippen LogP contribution in [0.5, 0.6) is 5.75 Å². The van der Waals surface area contributed by atoms with Crippen LogP contribution in [0.25, 0.3) is 10.9 Å². The minimum Gasteiger partial charge on any atom is -0.494 e. The van der Waals surface area contributed by atoms with Gasteiger partial charge in [-0.05, 0) is 67.5 Å². The van der Waals surface area contributed by atoms with Gasteiger partial charge in [0.2, 0.25) is 0 Å². The number of hydrogen-bond acceptors (Lipinski definition) is 6. The van der Waals surface area contributed by atoms with Gasteiger partial charge in [0.15, 0.2) is 5.82 Å². The Morgan fingerprint density at radius 3 is 2.67 bits per heavy atom. The summed E-state index contributed by atoms with van der Waals surface area (Å²) >= 11 is 0. The number of benzene rings is 1. The van der Waals surface area contributed by atoms with Crippen LogP contribution >= 0.6 is 0 Å². The molecule has 2 aromatic heterocycles. The van der Waals surface area contributed by atoms with Crippen molar-refractivity contribution in [2.24, 2.45) is 0 Å². The number of pyridine rings is 1. The van der Waals surface area contributed by atoms with Crippen molar-refractivity contribution in [2.75, 3.05) is 19.7 Å². The van der Waals surface area contributed by atoms with Crippen LogP contribution in [0, 0.1) is 0 Å². The summed E-state index contributed by atoms with van der Waals surface area (Å²) in [6, 6.07) is 7.70. The van der Waals surface area contributed by atoms with E-state index in [0.717, 1.165) is 48.4 Å². The van der Waals surface area contributed by atoms with E-state index in [4.69, 9.17) is 4.74 Å². The third kappa shape index (κ3) is 3.84. The molecule has 1 atom stereocenters. The Bertz CT molecular complexity index is 1050. The van der Waals surface area contributed by atoms with Gasteiger partial charge in [-0.15, -0.1) is 5.10 Å². The van der Waals surface area contributed by atoms with Crippen molar-refractivity contribution < 1.29 is 4.74 Å². The molecule has 1 aliphatic carbocycles. The van der Waals surface area contributed by atoms with Gasteiger partial charge >= 0.3 is 0 Å². The highest BCUT2D eigenvalue weighted by Gasteiger charge is 2.32. The molecule has 0 saturated heterocycles.